The Morgan fingerprint density at radius 2 is 2.29 bits per heavy atom. The van der Waals surface area contributed by atoms with Crippen LogP contribution in [0.4, 0.5) is 4.79 Å². The largest absolute Gasteiger partial charge is 0.444 e. The Kier molecular flexibility index (Phi) is 4.47. The third-order valence-electron chi connectivity index (χ3n) is 1.98. The van der Waals surface area contributed by atoms with Gasteiger partial charge in [-0.3, -0.25) is 0 Å². The predicted molar refractivity (Wildman–Crippen MR) is 68.0 cm³/mol. The Hall–Kier alpha value is -1.14. The second-order valence-electron chi connectivity index (χ2n) is 4.79. The number of nitrogens with one attached hydrogen (secondary N) is 1. The van der Waals surface area contributed by atoms with Crippen LogP contribution in [0.25, 0.3) is 0 Å². The lowest BCUT2D eigenvalue weighted by Crippen LogP contribution is -2.36. The van der Waals surface area contributed by atoms with Gasteiger partial charge < -0.3 is 15.8 Å². The number of hydrogen-bond donors (Lipinski definition) is 2. The maximum atomic E-state index is 11.4. The zero-order valence-electron chi connectivity index (χ0n) is 10.6. The molecule has 0 fully saturated rings. The molecular weight excluding hydrogens is 238 g/mol. The number of carbonyl (C=O) groups excluding carboxylic acids is 1. The van der Waals surface area contributed by atoms with Gasteiger partial charge in [-0.05, 0) is 27.7 Å². The molecule has 1 aromatic heterocycles. The number of hydrogen-bond acceptors (Lipinski definition) is 5. The average Bonchev–Trinajstić information content (AvgIpc) is 2.58. The highest BCUT2D eigenvalue weighted by Gasteiger charge is 2.18. The maximum absolute atomic E-state index is 11.4. The lowest BCUT2D eigenvalue weighted by Gasteiger charge is -2.20. The van der Waals surface area contributed by atoms with Crippen LogP contribution in [0.1, 0.15) is 37.4 Å². The number of alkyl carbamates (subject to hydrolysis) is 1. The van der Waals surface area contributed by atoms with Crippen molar-refractivity contribution in [3.63, 3.8) is 0 Å². The molecule has 96 valence electrons. The molecule has 0 saturated carbocycles. The third-order valence-corrected chi connectivity index (χ3v) is 3.05. The number of nitrogens with two attached hydrogens (primary N) is 1. The lowest BCUT2D eigenvalue weighted by molar-refractivity contribution is 0.0524. The van der Waals surface area contributed by atoms with E-state index in [0.29, 0.717) is 6.54 Å². The quantitative estimate of drug-likeness (QED) is 0.868. The SMILES string of the molecule is Cc1ncsc1C(N)CNC(=O)OC(C)(C)C. The van der Waals surface area contributed by atoms with Gasteiger partial charge in [-0.1, -0.05) is 0 Å². The van der Waals surface area contributed by atoms with Crippen molar-refractivity contribution in [1.29, 1.82) is 0 Å². The Morgan fingerprint density at radius 3 is 2.76 bits per heavy atom. The minimum Gasteiger partial charge on any atom is -0.444 e. The van der Waals surface area contributed by atoms with E-state index in [0.717, 1.165) is 10.6 Å². The molecule has 1 heterocycles. The van der Waals surface area contributed by atoms with Crippen molar-refractivity contribution in [2.24, 2.45) is 5.73 Å². The molecule has 0 spiro atoms. The summed E-state index contributed by atoms with van der Waals surface area (Å²) in [5.41, 5.74) is 8.12. The highest BCUT2D eigenvalue weighted by Crippen LogP contribution is 2.19. The van der Waals surface area contributed by atoms with Crippen LogP contribution in [0.2, 0.25) is 0 Å². The average molecular weight is 257 g/mol. The second-order valence-corrected chi connectivity index (χ2v) is 5.68. The Morgan fingerprint density at radius 1 is 1.65 bits per heavy atom. The normalized spacial score (nSPS) is 13.2. The van der Waals surface area contributed by atoms with Gasteiger partial charge in [0.1, 0.15) is 5.60 Å². The summed E-state index contributed by atoms with van der Waals surface area (Å²) in [5, 5.41) is 2.65. The number of aryl methyl sites for hydroxylation is 1. The minimum atomic E-state index is -0.491. The summed E-state index contributed by atoms with van der Waals surface area (Å²) < 4.78 is 5.12. The van der Waals surface area contributed by atoms with Crippen molar-refractivity contribution >= 4 is 17.4 Å². The van der Waals surface area contributed by atoms with E-state index in [-0.39, 0.29) is 6.04 Å². The molecule has 0 saturated heterocycles. The molecule has 1 rings (SSSR count). The highest BCUT2D eigenvalue weighted by atomic mass is 32.1. The molecule has 17 heavy (non-hydrogen) atoms. The number of amides is 1. The van der Waals surface area contributed by atoms with Gasteiger partial charge in [0.2, 0.25) is 0 Å². The van der Waals surface area contributed by atoms with Crippen LogP contribution in [0.15, 0.2) is 5.51 Å². The van der Waals surface area contributed by atoms with Crippen LogP contribution in [-0.4, -0.2) is 23.2 Å². The standard InChI is InChI=1S/C11H19N3O2S/c1-7-9(17-6-14-7)8(12)5-13-10(15)16-11(2,3)4/h6,8H,5,12H2,1-4H3,(H,13,15). The van der Waals surface area contributed by atoms with Crippen LogP contribution < -0.4 is 11.1 Å². The van der Waals surface area contributed by atoms with Gasteiger partial charge in [-0.15, -0.1) is 11.3 Å². The summed E-state index contributed by atoms with van der Waals surface area (Å²) in [6.45, 7) is 7.71. The number of rotatable bonds is 3. The first kappa shape index (κ1) is 13.9. The number of ether oxygens (including phenoxy) is 1. The van der Waals surface area contributed by atoms with Gasteiger partial charge in [0.05, 0.1) is 17.2 Å². The summed E-state index contributed by atoms with van der Waals surface area (Å²) in [6.07, 6.45) is -0.449. The molecule has 0 aliphatic rings. The molecular formula is C11H19N3O2S. The van der Waals surface area contributed by atoms with Gasteiger partial charge in [-0.2, -0.15) is 0 Å². The van der Waals surface area contributed by atoms with Crippen LogP contribution in [-0.2, 0) is 4.74 Å². The van der Waals surface area contributed by atoms with Gasteiger partial charge in [0.25, 0.3) is 0 Å². The number of aromatic nitrogens is 1. The lowest BCUT2D eigenvalue weighted by atomic mass is 10.2. The van der Waals surface area contributed by atoms with Gasteiger partial charge in [0.15, 0.2) is 0 Å². The fraction of sp³-hybridized carbons (Fsp3) is 0.636. The number of thiazole rings is 1. The monoisotopic (exact) mass is 257 g/mol. The molecule has 0 bridgehead atoms. The fourth-order valence-electron chi connectivity index (χ4n) is 1.27. The summed E-state index contributed by atoms with van der Waals surface area (Å²) in [6, 6.07) is -0.241. The van der Waals surface area contributed by atoms with Crippen molar-refractivity contribution in [3.8, 4) is 0 Å². The molecule has 0 aliphatic carbocycles. The number of nitrogens with zero attached hydrogens (tertiary/aromatic N) is 1. The van der Waals surface area contributed by atoms with Gasteiger partial charge in [-0.25, -0.2) is 9.78 Å². The molecule has 1 aromatic rings. The van der Waals surface area contributed by atoms with Gasteiger partial charge >= 0.3 is 6.09 Å². The van der Waals surface area contributed by atoms with E-state index in [1.54, 1.807) is 5.51 Å². The molecule has 5 nitrogen and oxygen atoms in total. The van der Waals surface area contributed by atoms with E-state index < -0.39 is 11.7 Å². The second kappa shape index (κ2) is 5.46. The van der Waals surface area contributed by atoms with Crippen LogP contribution in [0.5, 0.6) is 0 Å². The van der Waals surface area contributed by atoms with Crippen LogP contribution >= 0.6 is 11.3 Å². The van der Waals surface area contributed by atoms with E-state index in [1.165, 1.54) is 11.3 Å². The van der Waals surface area contributed by atoms with E-state index in [4.69, 9.17) is 10.5 Å². The molecule has 1 atom stereocenters. The van der Waals surface area contributed by atoms with Crippen molar-refractivity contribution in [2.75, 3.05) is 6.54 Å². The Bertz CT molecular complexity index is 384. The van der Waals surface area contributed by atoms with Crippen molar-refractivity contribution in [1.82, 2.24) is 10.3 Å². The fourth-order valence-corrected chi connectivity index (χ4v) is 2.07. The molecule has 0 aromatic carbocycles. The molecule has 6 heteroatoms. The Balaban J connectivity index is 2.41. The predicted octanol–water partition coefficient (Wildman–Crippen LogP) is 1.98. The summed E-state index contributed by atoms with van der Waals surface area (Å²) in [7, 11) is 0. The third kappa shape index (κ3) is 4.70. The van der Waals surface area contributed by atoms with Crippen molar-refractivity contribution in [2.45, 2.75) is 39.3 Å². The topological polar surface area (TPSA) is 77.2 Å². The molecule has 1 unspecified atom stereocenters. The van der Waals surface area contributed by atoms with Crippen LogP contribution in [0.3, 0.4) is 0 Å². The summed E-state index contributed by atoms with van der Waals surface area (Å²) >= 11 is 1.49. The van der Waals surface area contributed by atoms with E-state index in [9.17, 15) is 4.79 Å². The van der Waals surface area contributed by atoms with E-state index >= 15 is 0 Å². The van der Waals surface area contributed by atoms with Crippen LogP contribution in [0, 0.1) is 6.92 Å². The summed E-state index contributed by atoms with van der Waals surface area (Å²) in [5.74, 6) is 0. The van der Waals surface area contributed by atoms with Gasteiger partial charge in [0, 0.05) is 11.4 Å². The zero-order valence-corrected chi connectivity index (χ0v) is 11.4. The van der Waals surface area contributed by atoms with E-state index in [2.05, 4.69) is 10.3 Å². The summed E-state index contributed by atoms with van der Waals surface area (Å²) in [4.78, 5) is 16.5. The first-order valence-corrected chi connectivity index (χ1v) is 6.30. The number of carbonyl (C=O) groups is 1. The van der Waals surface area contributed by atoms with E-state index in [1.807, 2.05) is 27.7 Å². The Labute approximate surface area is 105 Å². The smallest absolute Gasteiger partial charge is 0.407 e. The van der Waals surface area contributed by atoms with Crippen molar-refractivity contribution < 1.29 is 9.53 Å². The zero-order chi connectivity index (χ0) is 13.1. The molecule has 1 amide bonds. The molecule has 0 radical (unpaired) electrons. The molecule has 0 aliphatic heterocycles. The highest BCUT2D eigenvalue weighted by molar-refractivity contribution is 7.09. The molecule has 3 N–H and O–H groups in total. The van der Waals surface area contributed by atoms with Crippen molar-refractivity contribution in [3.05, 3.63) is 16.1 Å². The first-order chi connectivity index (χ1) is 7.79. The first-order valence-electron chi connectivity index (χ1n) is 5.42. The minimum absolute atomic E-state index is 0.241. The maximum Gasteiger partial charge on any atom is 0.407 e.